The molecule has 0 spiro atoms. The molecule has 0 N–H and O–H groups in total. The van der Waals surface area contributed by atoms with Crippen molar-refractivity contribution in [3.63, 3.8) is 0 Å². The van der Waals surface area contributed by atoms with E-state index in [1.807, 2.05) is 0 Å². The number of rotatable bonds is 21. The maximum Gasteiger partial charge on any atom is 0.0215 e. The van der Waals surface area contributed by atoms with Crippen LogP contribution < -0.4 is 0 Å². The third-order valence-electron chi connectivity index (χ3n) is 11.8. The van der Waals surface area contributed by atoms with Gasteiger partial charge in [0.25, 0.3) is 0 Å². The Morgan fingerprint density at radius 1 is 0.362 bits per heavy atom. The Labute approximate surface area is 305 Å². The summed E-state index contributed by atoms with van der Waals surface area (Å²) in [4.78, 5) is 0. The Morgan fingerprint density at radius 3 is 1.00 bits per heavy atom. The second-order valence-corrected chi connectivity index (χ2v) is 16.9. The molecule has 3 aromatic carbocycles. The first-order valence-electron chi connectivity index (χ1n) is 19.8. The summed E-state index contributed by atoms with van der Waals surface area (Å²) in [6.45, 7) is 9.36. The van der Waals surface area contributed by atoms with Crippen LogP contribution >= 0.6 is 31.9 Å². The first-order chi connectivity index (χ1) is 23.0. The molecule has 2 heteroatoms. The standard InChI is InChI=1S/C45H62Br2/c1-5-9-13-17-21-29-45(28-20-16-12-8-4)41-31-35(47)23-25-37(41)39-32-42-38(33-43(39)45)36-24-22-34(46)30-40(36)44(42,26-18-14-10-6-2)27-19-15-11-7-3/h22-25,30-33H,5-21,26-29H2,1-4H3. The summed E-state index contributed by atoms with van der Waals surface area (Å²) in [5, 5.41) is 0. The lowest BCUT2D eigenvalue weighted by Crippen LogP contribution is -2.27. The number of fused-ring (bicyclic) bond motifs is 6. The van der Waals surface area contributed by atoms with Crippen molar-refractivity contribution in [1.29, 1.82) is 0 Å². The van der Waals surface area contributed by atoms with E-state index in [0.29, 0.717) is 0 Å². The summed E-state index contributed by atoms with van der Waals surface area (Å²) < 4.78 is 2.47. The molecule has 0 saturated heterocycles. The molecule has 0 radical (unpaired) electrons. The van der Waals surface area contributed by atoms with Gasteiger partial charge in [-0.1, -0.05) is 181 Å². The minimum Gasteiger partial charge on any atom is -0.0654 e. The molecule has 0 bridgehead atoms. The molecule has 2 aliphatic carbocycles. The maximum atomic E-state index is 3.93. The number of hydrogen-bond acceptors (Lipinski definition) is 0. The molecule has 0 fully saturated rings. The van der Waals surface area contributed by atoms with E-state index >= 15 is 0 Å². The second kappa shape index (κ2) is 17.5. The summed E-state index contributed by atoms with van der Waals surface area (Å²) in [6.07, 6.45) is 27.6. The SMILES string of the molecule is CCCCCCCC1(CCCCCC)c2cc(Br)ccc2-c2cc3c(cc21)-c1ccc(Br)cc1C3(CCCCCC)CCCCCC. The molecule has 256 valence electrons. The van der Waals surface area contributed by atoms with Crippen LogP contribution in [0.5, 0.6) is 0 Å². The van der Waals surface area contributed by atoms with E-state index in [1.165, 1.54) is 155 Å². The lowest BCUT2D eigenvalue weighted by atomic mass is 9.68. The second-order valence-electron chi connectivity index (χ2n) is 15.1. The molecule has 47 heavy (non-hydrogen) atoms. The highest BCUT2D eigenvalue weighted by molar-refractivity contribution is 9.10. The van der Waals surface area contributed by atoms with Crippen LogP contribution in [0, 0.1) is 0 Å². The molecule has 0 aliphatic heterocycles. The number of halogens is 2. The normalized spacial score (nSPS) is 17.1. The van der Waals surface area contributed by atoms with Gasteiger partial charge >= 0.3 is 0 Å². The van der Waals surface area contributed by atoms with Crippen LogP contribution in [0.3, 0.4) is 0 Å². The first kappa shape index (κ1) is 36.9. The van der Waals surface area contributed by atoms with Crippen molar-refractivity contribution in [2.45, 2.75) is 173 Å². The zero-order valence-corrected chi connectivity index (χ0v) is 33.4. The average molecular weight is 763 g/mol. The number of hydrogen-bond donors (Lipinski definition) is 0. The van der Waals surface area contributed by atoms with Gasteiger partial charge in [-0.3, -0.25) is 0 Å². The van der Waals surface area contributed by atoms with Gasteiger partial charge in [0.05, 0.1) is 0 Å². The van der Waals surface area contributed by atoms with Crippen LogP contribution in [0.25, 0.3) is 22.3 Å². The molecule has 0 heterocycles. The van der Waals surface area contributed by atoms with E-state index in [-0.39, 0.29) is 10.8 Å². The minimum absolute atomic E-state index is 0.104. The van der Waals surface area contributed by atoms with Gasteiger partial charge in [-0.25, -0.2) is 0 Å². The molecular formula is C45H62Br2. The van der Waals surface area contributed by atoms with Crippen molar-refractivity contribution in [1.82, 2.24) is 0 Å². The highest BCUT2D eigenvalue weighted by atomic mass is 79.9. The van der Waals surface area contributed by atoms with Crippen molar-refractivity contribution in [2.75, 3.05) is 0 Å². The fourth-order valence-corrected chi connectivity index (χ4v) is 10.1. The molecule has 1 unspecified atom stereocenters. The van der Waals surface area contributed by atoms with E-state index < -0.39 is 0 Å². The number of unbranched alkanes of at least 4 members (excludes halogenated alkanes) is 13. The van der Waals surface area contributed by atoms with Gasteiger partial charge in [-0.15, -0.1) is 0 Å². The van der Waals surface area contributed by atoms with Crippen molar-refractivity contribution in [2.24, 2.45) is 0 Å². The Bertz CT molecular complexity index is 1440. The van der Waals surface area contributed by atoms with Gasteiger partial charge in [0.15, 0.2) is 0 Å². The molecule has 1 atom stereocenters. The number of benzene rings is 3. The van der Waals surface area contributed by atoms with E-state index in [9.17, 15) is 0 Å². The fourth-order valence-electron chi connectivity index (χ4n) is 9.34. The Hall–Kier alpha value is -1.38. The van der Waals surface area contributed by atoms with E-state index in [2.05, 4.69) is 108 Å². The quantitative estimate of drug-likeness (QED) is 0.0948. The summed E-state index contributed by atoms with van der Waals surface area (Å²) >= 11 is 7.86. The third-order valence-corrected chi connectivity index (χ3v) is 12.8. The molecule has 0 nitrogen and oxygen atoms in total. The average Bonchev–Trinajstić information content (AvgIpc) is 3.48. The Kier molecular flexibility index (Phi) is 13.7. The van der Waals surface area contributed by atoms with Crippen LogP contribution in [0.15, 0.2) is 57.5 Å². The van der Waals surface area contributed by atoms with Crippen LogP contribution in [0.2, 0.25) is 0 Å². The maximum absolute atomic E-state index is 3.93. The lowest BCUT2D eigenvalue weighted by Gasteiger charge is -2.35. The van der Waals surface area contributed by atoms with Gasteiger partial charge in [-0.05, 0) is 107 Å². The zero-order chi connectivity index (χ0) is 33.3. The summed E-state index contributed by atoms with van der Waals surface area (Å²) in [5.41, 5.74) is 12.8. The summed E-state index contributed by atoms with van der Waals surface area (Å²) in [5.74, 6) is 0. The van der Waals surface area contributed by atoms with Crippen LogP contribution in [0.4, 0.5) is 0 Å². The summed E-state index contributed by atoms with van der Waals surface area (Å²) in [7, 11) is 0. The minimum atomic E-state index is 0.104. The molecular weight excluding hydrogens is 700 g/mol. The fraction of sp³-hybridized carbons (Fsp3) is 0.600. The van der Waals surface area contributed by atoms with Crippen molar-refractivity contribution in [3.05, 3.63) is 79.7 Å². The zero-order valence-electron chi connectivity index (χ0n) is 30.2. The van der Waals surface area contributed by atoms with Crippen LogP contribution in [-0.2, 0) is 10.8 Å². The van der Waals surface area contributed by atoms with Gasteiger partial charge in [0.1, 0.15) is 0 Å². The van der Waals surface area contributed by atoms with Gasteiger partial charge in [0, 0.05) is 19.8 Å². The molecule has 0 saturated carbocycles. The topological polar surface area (TPSA) is 0 Å². The highest BCUT2D eigenvalue weighted by Gasteiger charge is 2.47. The third kappa shape index (κ3) is 7.85. The van der Waals surface area contributed by atoms with Crippen molar-refractivity contribution < 1.29 is 0 Å². The lowest BCUT2D eigenvalue weighted by molar-refractivity contribution is 0.397. The monoisotopic (exact) mass is 760 g/mol. The smallest absolute Gasteiger partial charge is 0.0215 e. The molecule has 0 amide bonds. The van der Waals surface area contributed by atoms with Gasteiger partial charge in [0.2, 0.25) is 0 Å². The highest BCUT2D eigenvalue weighted by Crippen LogP contribution is 2.61. The van der Waals surface area contributed by atoms with Crippen LogP contribution in [0.1, 0.15) is 185 Å². The molecule has 2 aliphatic rings. The largest absolute Gasteiger partial charge is 0.0654 e. The van der Waals surface area contributed by atoms with Crippen LogP contribution in [-0.4, -0.2) is 0 Å². The van der Waals surface area contributed by atoms with Gasteiger partial charge < -0.3 is 0 Å². The predicted molar refractivity (Wildman–Crippen MR) is 214 cm³/mol. The van der Waals surface area contributed by atoms with E-state index in [0.717, 1.165) is 0 Å². The first-order valence-corrected chi connectivity index (χ1v) is 21.3. The predicted octanol–water partition coefficient (Wildman–Crippen LogP) is 16.0. The molecule has 3 aromatic rings. The van der Waals surface area contributed by atoms with Gasteiger partial charge in [-0.2, -0.15) is 0 Å². The summed E-state index contributed by atoms with van der Waals surface area (Å²) in [6, 6.07) is 20.0. The van der Waals surface area contributed by atoms with Crippen molar-refractivity contribution in [3.8, 4) is 22.3 Å². The Balaban J connectivity index is 1.68. The van der Waals surface area contributed by atoms with E-state index in [4.69, 9.17) is 0 Å². The Morgan fingerprint density at radius 2 is 0.660 bits per heavy atom. The molecule has 5 rings (SSSR count). The van der Waals surface area contributed by atoms with E-state index in [1.54, 1.807) is 33.4 Å². The van der Waals surface area contributed by atoms with Crippen molar-refractivity contribution >= 4 is 31.9 Å². The molecule has 0 aromatic heterocycles.